The summed E-state index contributed by atoms with van der Waals surface area (Å²) in [6, 6.07) is 4.82. The van der Waals surface area contributed by atoms with E-state index in [4.69, 9.17) is 4.74 Å². The lowest BCUT2D eigenvalue weighted by molar-refractivity contribution is 0.166. The summed E-state index contributed by atoms with van der Waals surface area (Å²) in [5.74, 6) is 0.705. The lowest BCUT2D eigenvalue weighted by atomic mass is 10.2. The Balaban J connectivity index is 1.51. The van der Waals surface area contributed by atoms with Crippen LogP contribution < -0.4 is 9.80 Å². The van der Waals surface area contributed by atoms with Gasteiger partial charge in [0.05, 0.1) is 31.2 Å². The molecule has 2 unspecified atom stereocenters. The molecule has 0 aliphatic carbocycles. The third kappa shape index (κ3) is 3.48. The molecule has 150 valence electrons. The van der Waals surface area contributed by atoms with Gasteiger partial charge in [0.2, 0.25) is 0 Å². The molecule has 3 saturated heterocycles. The van der Waals surface area contributed by atoms with Gasteiger partial charge in [0, 0.05) is 34.4 Å². The van der Waals surface area contributed by atoms with Crippen molar-refractivity contribution < 1.29 is 27.7 Å². The zero-order valence-electron chi connectivity index (χ0n) is 15.2. The van der Waals surface area contributed by atoms with E-state index >= 15 is 0 Å². The third-order valence-electron chi connectivity index (χ3n) is 5.25. The number of benzene rings is 1. The SMILES string of the molecule is COC(=O)N=C[C@H]1CN(c2ccc(N3C4CCC3CS(=O)C4)c(F)c2)C(=O)O1. The highest BCUT2D eigenvalue weighted by atomic mass is 32.2. The summed E-state index contributed by atoms with van der Waals surface area (Å²) in [7, 11) is 0.358. The second-order valence-corrected chi connectivity index (χ2v) is 8.53. The van der Waals surface area contributed by atoms with Gasteiger partial charge in [-0.3, -0.25) is 9.11 Å². The normalized spacial score (nSPS) is 29.4. The first-order valence-corrected chi connectivity index (χ1v) is 10.5. The van der Waals surface area contributed by atoms with Gasteiger partial charge in [-0.25, -0.2) is 14.0 Å². The molecule has 4 rings (SSSR count). The molecular weight excluding hydrogens is 389 g/mol. The monoisotopic (exact) mass is 409 g/mol. The summed E-state index contributed by atoms with van der Waals surface area (Å²) in [5, 5.41) is 0. The summed E-state index contributed by atoms with van der Waals surface area (Å²) < 4.78 is 36.3. The molecule has 0 radical (unpaired) electrons. The van der Waals surface area contributed by atoms with Crippen LogP contribution in [0, 0.1) is 5.82 Å². The van der Waals surface area contributed by atoms with Gasteiger partial charge in [0.25, 0.3) is 0 Å². The Kier molecular flexibility index (Phi) is 5.05. The molecule has 3 heterocycles. The Morgan fingerprint density at radius 3 is 2.71 bits per heavy atom. The highest BCUT2D eigenvalue weighted by Crippen LogP contribution is 2.37. The predicted molar refractivity (Wildman–Crippen MR) is 102 cm³/mol. The van der Waals surface area contributed by atoms with E-state index in [1.807, 2.05) is 4.90 Å². The molecule has 1 aromatic rings. The van der Waals surface area contributed by atoms with Crippen LogP contribution in [-0.2, 0) is 20.3 Å². The predicted octanol–water partition coefficient (Wildman–Crippen LogP) is 2.09. The highest BCUT2D eigenvalue weighted by molar-refractivity contribution is 7.85. The van der Waals surface area contributed by atoms with E-state index in [0.29, 0.717) is 22.9 Å². The van der Waals surface area contributed by atoms with Gasteiger partial charge in [0.1, 0.15) is 5.82 Å². The van der Waals surface area contributed by atoms with Gasteiger partial charge in [-0.15, -0.1) is 0 Å². The van der Waals surface area contributed by atoms with E-state index in [1.54, 1.807) is 12.1 Å². The molecule has 2 bridgehead atoms. The molecule has 3 fully saturated rings. The first-order chi connectivity index (χ1) is 13.5. The molecule has 10 heteroatoms. The number of halogens is 1. The maximum atomic E-state index is 14.9. The standard InChI is InChI=1S/C18H20FN3O5S/c1-26-17(23)20-7-14-8-21(18(24)27-14)11-4-5-16(15(19)6-11)22-12-2-3-13(22)10-28(25)9-12/h4-7,12-14H,2-3,8-10H2,1H3/t12?,13?,14-,28?/m0/s1. The summed E-state index contributed by atoms with van der Waals surface area (Å²) in [6.45, 7) is 0.117. The summed E-state index contributed by atoms with van der Waals surface area (Å²) >= 11 is 0. The minimum atomic E-state index is -0.839. The quantitative estimate of drug-likeness (QED) is 0.711. The van der Waals surface area contributed by atoms with Gasteiger partial charge in [0.15, 0.2) is 6.10 Å². The van der Waals surface area contributed by atoms with Gasteiger partial charge >= 0.3 is 12.2 Å². The second-order valence-electron chi connectivity index (χ2n) is 6.98. The van der Waals surface area contributed by atoms with Crippen LogP contribution in [0.3, 0.4) is 0 Å². The van der Waals surface area contributed by atoms with Crippen LogP contribution >= 0.6 is 0 Å². The Morgan fingerprint density at radius 2 is 2.07 bits per heavy atom. The average Bonchev–Trinajstić information content (AvgIpc) is 3.16. The van der Waals surface area contributed by atoms with E-state index in [0.717, 1.165) is 12.8 Å². The number of nitrogens with zero attached hydrogens (tertiary/aromatic N) is 3. The van der Waals surface area contributed by atoms with Crippen LogP contribution in [0.1, 0.15) is 12.8 Å². The van der Waals surface area contributed by atoms with Crippen LogP contribution in [0.15, 0.2) is 23.2 Å². The van der Waals surface area contributed by atoms with Crippen LogP contribution in [0.2, 0.25) is 0 Å². The Labute approximate surface area is 163 Å². The highest BCUT2D eigenvalue weighted by Gasteiger charge is 2.41. The van der Waals surface area contributed by atoms with Crippen LogP contribution in [0.5, 0.6) is 0 Å². The van der Waals surface area contributed by atoms with Crippen molar-refractivity contribution >= 4 is 40.6 Å². The molecule has 0 spiro atoms. The van der Waals surface area contributed by atoms with E-state index in [2.05, 4.69) is 9.73 Å². The average molecular weight is 409 g/mol. The molecule has 2 amide bonds. The first-order valence-electron chi connectivity index (χ1n) is 8.99. The lowest BCUT2D eigenvalue weighted by Gasteiger charge is -2.36. The largest absolute Gasteiger partial charge is 0.451 e. The smallest absolute Gasteiger partial charge is 0.433 e. The molecular formula is C18H20FN3O5S. The molecule has 3 atom stereocenters. The van der Waals surface area contributed by atoms with Gasteiger partial charge in [-0.2, -0.15) is 4.99 Å². The van der Waals surface area contributed by atoms with E-state index in [1.165, 1.54) is 24.3 Å². The van der Waals surface area contributed by atoms with E-state index < -0.39 is 34.9 Å². The van der Waals surface area contributed by atoms with Gasteiger partial charge in [-0.05, 0) is 31.0 Å². The number of cyclic esters (lactones) is 1. The minimum Gasteiger partial charge on any atom is -0.451 e. The first kappa shape index (κ1) is 18.9. The molecule has 0 saturated carbocycles. The van der Waals surface area contributed by atoms with Crippen molar-refractivity contribution in [2.75, 3.05) is 35.0 Å². The maximum absolute atomic E-state index is 14.9. The summed E-state index contributed by atoms with van der Waals surface area (Å²) in [5.41, 5.74) is 0.845. The number of carbonyl (C=O) groups is 2. The van der Waals surface area contributed by atoms with Crippen LogP contribution in [0.4, 0.5) is 25.4 Å². The number of hydrogen-bond acceptors (Lipinski definition) is 6. The Hall–Kier alpha value is -2.49. The minimum absolute atomic E-state index is 0.0931. The van der Waals surface area contributed by atoms with Crippen molar-refractivity contribution in [3.05, 3.63) is 24.0 Å². The molecule has 0 aromatic heterocycles. The van der Waals surface area contributed by atoms with Crippen LogP contribution in [-0.4, -0.2) is 66.0 Å². The van der Waals surface area contributed by atoms with E-state index in [-0.39, 0.29) is 18.6 Å². The Morgan fingerprint density at radius 1 is 1.36 bits per heavy atom. The number of amides is 2. The van der Waals surface area contributed by atoms with Crippen molar-refractivity contribution in [1.29, 1.82) is 0 Å². The van der Waals surface area contributed by atoms with Crippen LogP contribution in [0.25, 0.3) is 0 Å². The molecule has 0 N–H and O–H groups in total. The number of ether oxygens (including phenoxy) is 2. The van der Waals surface area contributed by atoms with Crippen molar-refractivity contribution in [1.82, 2.24) is 0 Å². The summed E-state index contributed by atoms with van der Waals surface area (Å²) in [6.07, 6.45) is 0.875. The lowest BCUT2D eigenvalue weighted by Crippen LogP contribution is -2.47. The fraction of sp³-hybridized carbons (Fsp3) is 0.500. The van der Waals surface area contributed by atoms with Gasteiger partial charge in [-0.1, -0.05) is 0 Å². The van der Waals surface area contributed by atoms with Crippen molar-refractivity contribution in [3.63, 3.8) is 0 Å². The van der Waals surface area contributed by atoms with Crippen molar-refractivity contribution in [3.8, 4) is 0 Å². The number of methoxy groups -OCH3 is 1. The van der Waals surface area contributed by atoms with Crippen molar-refractivity contribution in [2.24, 2.45) is 4.99 Å². The number of rotatable bonds is 3. The van der Waals surface area contributed by atoms with Gasteiger partial charge < -0.3 is 14.4 Å². The molecule has 3 aliphatic rings. The Bertz CT molecular complexity index is 848. The third-order valence-corrected chi connectivity index (χ3v) is 6.77. The number of fused-ring (bicyclic) bond motifs is 2. The zero-order valence-corrected chi connectivity index (χ0v) is 16.1. The zero-order chi connectivity index (χ0) is 19.8. The second kappa shape index (κ2) is 7.50. The molecule has 8 nitrogen and oxygen atoms in total. The summed E-state index contributed by atoms with van der Waals surface area (Å²) in [4.78, 5) is 30.0. The van der Waals surface area contributed by atoms with E-state index in [9.17, 15) is 18.2 Å². The topological polar surface area (TPSA) is 88.5 Å². The number of carbonyl (C=O) groups excluding carboxylic acids is 2. The fourth-order valence-electron chi connectivity index (χ4n) is 4.02. The number of aliphatic imine (C=N–C) groups is 1. The number of hydrogen-bond donors (Lipinski definition) is 0. The van der Waals surface area contributed by atoms with Crippen molar-refractivity contribution in [2.45, 2.75) is 31.0 Å². The maximum Gasteiger partial charge on any atom is 0.433 e. The molecule has 28 heavy (non-hydrogen) atoms. The number of anilines is 2. The molecule has 3 aliphatic heterocycles. The fourth-order valence-corrected chi connectivity index (χ4v) is 5.67. The molecule has 1 aromatic carbocycles.